The number of hydrogen-bond acceptors (Lipinski definition) is 2. The van der Waals surface area contributed by atoms with Gasteiger partial charge < -0.3 is 5.32 Å². The van der Waals surface area contributed by atoms with Crippen molar-refractivity contribution >= 4 is 22.9 Å². The predicted octanol–water partition coefficient (Wildman–Crippen LogP) is 3.86. The van der Waals surface area contributed by atoms with E-state index in [1.165, 1.54) is 23.3 Å². The third-order valence-corrected chi connectivity index (χ3v) is 4.68. The normalized spacial score (nSPS) is 13.3. The second-order valence-electron chi connectivity index (χ2n) is 4.94. The van der Waals surface area contributed by atoms with Gasteiger partial charge in [0.2, 0.25) is 0 Å². The Labute approximate surface area is 122 Å². The van der Waals surface area contributed by atoms with Gasteiger partial charge in [-0.15, -0.1) is 17.8 Å². The molecule has 2 aromatic rings. The first-order chi connectivity index (χ1) is 9.78. The van der Waals surface area contributed by atoms with Crippen LogP contribution >= 0.6 is 11.3 Å². The Kier molecular flexibility index (Phi) is 3.58. The molecule has 100 valence electrons. The van der Waals surface area contributed by atoms with Crippen LogP contribution in [-0.2, 0) is 12.8 Å². The second kappa shape index (κ2) is 5.52. The minimum atomic E-state index is -0.0291. The second-order valence-corrected chi connectivity index (χ2v) is 5.90. The smallest absolute Gasteiger partial charge is 0.256 e. The Hall–Kier alpha value is -2.05. The number of fused-ring (bicyclic) bond motifs is 1. The van der Waals surface area contributed by atoms with E-state index < -0.39 is 0 Å². The highest BCUT2D eigenvalue weighted by Crippen LogP contribution is 2.30. The molecule has 1 aromatic heterocycles. The van der Waals surface area contributed by atoms with Crippen molar-refractivity contribution in [2.24, 2.45) is 0 Å². The zero-order valence-corrected chi connectivity index (χ0v) is 11.9. The molecule has 0 spiro atoms. The van der Waals surface area contributed by atoms with Gasteiger partial charge in [0, 0.05) is 21.5 Å². The fraction of sp³-hybridized carbons (Fsp3) is 0.235. The maximum Gasteiger partial charge on any atom is 0.256 e. The molecule has 1 aromatic carbocycles. The van der Waals surface area contributed by atoms with Crippen molar-refractivity contribution in [3.63, 3.8) is 0 Å². The summed E-state index contributed by atoms with van der Waals surface area (Å²) in [5.41, 5.74) is 3.60. The molecule has 3 heteroatoms. The van der Waals surface area contributed by atoms with Crippen molar-refractivity contribution in [3.8, 4) is 12.3 Å². The summed E-state index contributed by atoms with van der Waals surface area (Å²) in [7, 11) is 0. The Morgan fingerprint density at radius 3 is 3.00 bits per heavy atom. The summed E-state index contributed by atoms with van der Waals surface area (Å²) in [5.74, 6) is 2.55. The molecule has 0 saturated carbocycles. The zero-order valence-electron chi connectivity index (χ0n) is 11.1. The summed E-state index contributed by atoms with van der Waals surface area (Å²) in [4.78, 5) is 13.8. The number of nitrogens with one attached hydrogen (secondary N) is 1. The molecule has 0 unspecified atom stereocenters. The quantitative estimate of drug-likeness (QED) is 0.832. The van der Waals surface area contributed by atoms with Crippen LogP contribution in [-0.4, -0.2) is 5.91 Å². The van der Waals surface area contributed by atoms with E-state index in [9.17, 15) is 4.79 Å². The van der Waals surface area contributed by atoms with Crippen molar-refractivity contribution < 1.29 is 4.79 Å². The van der Waals surface area contributed by atoms with Crippen LogP contribution in [0, 0.1) is 12.3 Å². The Morgan fingerprint density at radius 2 is 2.15 bits per heavy atom. The van der Waals surface area contributed by atoms with Gasteiger partial charge in [-0.3, -0.25) is 4.79 Å². The van der Waals surface area contributed by atoms with Gasteiger partial charge in [-0.05, 0) is 49.4 Å². The average Bonchev–Trinajstić information content (AvgIpc) is 2.91. The zero-order chi connectivity index (χ0) is 13.9. The van der Waals surface area contributed by atoms with E-state index in [0.717, 1.165) is 29.7 Å². The number of hydrogen-bond donors (Lipinski definition) is 1. The molecule has 1 heterocycles. The summed E-state index contributed by atoms with van der Waals surface area (Å²) in [6.07, 6.45) is 9.92. The Bertz CT molecular complexity index is 693. The van der Waals surface area contributed by atoms with Gasteiger partial charge in [-0.25, -0.2) is 0 Å². The number of amides is 1. The lowest BCUT2D eigenvalue weighted by Crippen LogP contribution is -2.14. The lowest BCUT2D eigenvalue weighted by molar-refractivity contribution is 0.102. The fourth-order valence-corrected chi connectivity index (χ4v) is 3.70. The number of carbonyl (C=O) groups is 1. The molecule has 0 saturated heterocycles. The van der Waals surface area contributed by atoms with E-state index in [1.54, 1.807) is 11.3 Å². The van der Waals surface area contributed by atoms with E-state index in [4.69, 9.17) is 6.42 Å². The lowest BCUT2D eigenvalue weighted by Gasteiger charge is -2.12. The van der Waals surface area contributed by atoms with Crippen LogP contribution in [0.1, 0.15) is 39.2 Å². The van der Waals surface area contributed by atoms with Gasteiger partial charge in [-0.2, -0.15) is 0 Å². The van der Waals surface area contributed by atoms with Crippen LogP contribution < -0.4 is 5.32 Å². The number of thiophene rings is 1. The number of anilines is 1. The summed E-state index contributed by atoms with van der Waals surface area (Å²) in [5, 5.41) is 4.92. The van der Waals surface area contributed by atoms with Gasteiger partial charge in [0.25, 0.3) is 5.91 Å². The van der Waals surface area contributed by atoms with Crippen LogP contribution in [0.15, 0.2) is 29.6 Å². The molecule has 20 heavy (non-hydrogen) atoms. The van der Waals surface area contributed by atoms with Crippen molar-refractivity contribution in [2.75, 3.05) is 5.32 Å². The molecule has 1 N–H and O–H groups in total. The van der Waals surface area contributed by atoms with E-state index in [0.29, 0.717) is 0 Å². The minimum absolute atomic E-state index is 0.0291. The summed E-state index contributed by atoms with van der Waals surface area (Å²) in [6.45, 7) is 0. The van der Waals surface area contributed by atoms with E-state index >= 15 is 0 Å². The highest BCUT2D eigenvalue weighted by molar-refractivity contribution is 7.10. The van der Waals surface area contributed by atoms with Gasteiger partial charge in [0.05, 0.1) is 5.56 Å². The number of benzene rings is 1. The first-order valence-electron chi connectivity index (χ1n) is 6.75. The number of carbonyl (C=O) groups excluding carboxylic acids is 1. The van der Waals surface area contributed by atoms with Crippen molar-refractivity contribution in [1.82, 2.24) is 0 Å². The maximum absolute atomic E-state index is 12.4. The molecule has 0 aliphatic heterocycles. The monoisotopic (exact) mass is 281 g/mol. The van der Waals surface area contributed by atoms with Gasteiger partial charge in [0.15, 0.2) is 0 Å². The molecule has 2 nitrogen and oxygen atoms in total. The number of rotatable bonds is 2. The molecule has 1 aliphatic carbocycles. The molecule has 1 aliphatic rings. The van der Waals surface area contributed by atoms with Gasteiger partial charge in [-0.1, -0.05) is 12.0 Å². The third kappa shape index (κ3) is 2.48. The number of terminal acetylenes is 1. The lowest BCUT2D eigenvalue weighted by atomic mass is 9.95. The number of aryl methyl sites for hydroxylation is 1. The van der Waals surface area contributed by atoms with Crippen LogP contribution in [0.4, 0.5) is 5.69 Å². The minimum Gasteiger partial charge on any atom is -0.322 e. The summed E-state index contributed by atoms with van der Waals surface area (Å²) >= 11 is 1.71. The molecular formula is C17H15NOS. The van der Waals surface area contributed by atoms with E-state index in [2.05, 4.69) is 11.2 Å². The standard InChI is InChI=1S/C17H15NOS/c1-2-12-6-5-7-13(10-12)18-17(19)15-11-20-16-9-4-3-8-14(15)16/h1,5-7,10-11H,3-4,8-9H2,(H,18,19). The Morgan fingerprint density at radius 1 is 1.30 bits per heavy atom. The summed E-state index contributed by atoms with van der Waals surface area (Å²) in [6, 6.07) is 7.38. The average molecular weight is 281 g/mol. The summed E-state index contributed by atoms with van der Waals surface area (Å²) < 4.78 is 0. The molecular weight excluding hydrogens is 266 g/mol. The molecule has 0 radical (unpaired) electrons. The fourth-order valence-electron chi connectivity index (χ4n) is 2.57. The highest BCUT2D eigenvalue weighted by Gasteiger charge is 2.20. The van der Waals surface area contributed by atoms with Crippen molar-refractivity contribution in [1.29, 1.82) is 0 Å². The molecule has 0 atom stereocenters. The van der Waals surface area contributed by atoms with Gasteiger partial charge >= 0.3 is 0 Å². The van der Waals surface area contributed by atoms with Crippen molar-refractivity contribution in [2.45, 2.75) is 25.7 Å². The van der Waals surface area contributed by atoms with Gasteiger partial charge in [0.1, 0.15) is 0 Å². The predicted molar refractivity (Wildman–Crippen MR) is 83.3 cm³/mol. The molecule has 1 amide bonds. The molecule has 0 bridgehead atoms. The van der Waals surface area contributed by atoms with Crippen LogP contribution in [0.3, 0.4) is 0 Å². The van der Waals surface area contributed by atoms with E-state index in [1.807, 2.05) is 29.6 Å². The van der Waals surface area contributed by atoms with Crippen LogP contribution in [0.5, 0.6) is 0 Å². The molecule has 0 fully saturated rings. The third-order valence-electron chi connectivity index (χ3n) is 3.59. The SMILES string of the molecule is C#Cc1cccc(NC(=O)c2csc3c2CCCC3)c1. The molecule has 3 rings (SSSR count). The largest absolute Gasteiger partial charge is 0.322 e. The first-order valence-corrected chi connectivity index (χ1v) is 7.63. The van der Waals surface area contributed by atoms with Crippen LogP contribution in [0.25, 0.3) is 0 Å². The highest BCUT2D eigenvalue weighted by atomic mass is 32.1. The maximum atomic E-state index is 12.4. The van der Waals surface area contributed by atoms with E-state index in [-0.39, 0.29) is 5.91 Å². The van der Waals surface area contributed by atoms with Crippen molar-refractivity contribution in [3.05, 3.63) is 51.2 Å². The first kappa shape index (κ1) is 13.0. The topological polar surface area (TPSA) is 29.1 Å². The van der Waals surface area contributed by atoms with Crippen LogP contribution in [0.2, 0.25) is 0 Å². The Balaban J connectivity index is 1.83.